The zero-order valence-corrected chi connectivity index (χ0v) is 36.6. The molecule has 1 amide bonds. The van der Waals surface area contributed by atoms with E-state index >= 15 is 4.79 Å². The van der Waals surface area contributed by atoms with Crippen LogP contribution in [-0.4, -0.2) is 82.9 Å². The number of hydrogen-bond acceptors (Lipinski definition) is 12. The van der Waals surface area contributed by atoms with Gasteiger partial charge in [0.25, 0.3) is 5.91 Å². The minimum absolute atomic E-state index is 0.151. The van der Waals surface area contributed by atoms with Crippen molar-refractivity contribution >= 4 is 35.6 Å². The van der Waals surface area contributed by atoms with Crippen LogP contribution in [0.15, 0.2) is 115 Å². The van der Waals surface area contributed by atoms with Crippen LogP contribution in [0.4, 0.5) is 0 Å². The van der Waals surface area contributed by atoms with Crippen molar-refractivity contribution < 1.29 is 57.6 Å². The Hall–Kier alpha value is -5.92. The number of rotatable bonds is 11. The highest BCUT2D eigenvalue weighted by atomic mass is 16.6. The average Bonchev–Trinajstić information content (AvgIpc) is 3.26. The number of Topliss-reactive ketones (excluding diaryl/α,β-unsaturated/α-hetero) is 1. The molecule has 2 N–H and O–H groups in total. The van der Waals surface area contributed by atoms with Crippen LogP contribution in [0.3, 0.4) is 0 Å². The second kappa shape index (κ2) is 17.0. The molecule has 1 aliphatic heterocycles. The summed E-state index contributed by atoms with van der Waals surface area (Å²) < 4.78 is 31.3. The highest BCUT2D eigenvalue weighted by Gasteiger charge is 2.77. The number of amides is 1. The van der Waals surface area contributed by atoms with Crippen LogP contribution in [-0.2, 0) is 42.9 Å². The quantitative estimate of drug-likeness (QED) is 0.0933. The topological polar surface area (TPSA) is 181 Å². The summed E-state index contributed by atoms with van der Waals surface area (Å²) in [6.45, 7) is 14.7. The Morgan fingerprint density at radius 2 is 1.48 bits per heavy atom. The van der Waals surface area contributed by atoms with Crippen molar-refractivity contribution in [3.05, 3.63) is 131 Å². The van der Waals surface area contributed by atoms with E-state index in [9.17, 15) is 29.1 Å². The molecular formula is C50H55NO12. The summed E-state index contributed by atoms with van der Waals surface area (Å²) in [6.07, 6.45) is -4.47. The minimum atomic E-state index is -2.23. The first-order valence-corrected chi connectivity index (χ1v) is 21.3. The predicted molar refractivity (Wildman–Crippen MR) is 229 cm³/mol. The van der Waals surface area contributed by atoms with Crippen LogP contribution in [0.5, 0.6) is 0 Å². The molecule has 1 saturated heterocycles. The van der Waals surface area contributed by atoms with Crippen molar-refractivity contribution in [1.29, 1.82) is 0 Å². The fourth-order valence-electron chi connectivity index (χ4n) is 10.6. The lowest BCUT2D eigenvalue weighted by Crippen LogP contribution is -2.81. The minimum Gasteiger partial charge on any atom is -0.457 e. The molecule has 13 heteroatoms. The van der Waals surface area contributed by atoms with Gasteiger partial charge in [-0.05, 0) is 67.2 Å². The summed E-state index contributed by atoms with van der Waals surface area (Å²) in [5.41, 5.74) is -5.32. The smallest absolute Gasteiger partial charge is 0.338 e. The number of fused-ring (bicyclic) bond motifs is 5. The molecule has 63 heavy (non-hydrogen) atoms. The standard InChI is InChI=1S/C50H55NO12/c1-9-37(53)63-49-27-59-36(49)25-28(2)48(8)41(49)43(62-46(57)34-23-17-12-18-24-34)50(58)26-35(29(3)38(47(50,6)7)40(42(48)54)60-31(5)52)61-45(56)30(4)39(32-19-13-10-14-20-32)51-44(55)33-21-15-11-16-22-33/h9-24,28,30,35-36,39-41,43,58H,1,25-27H2,2-8H3,(H,51,55). The molecule has 0 radical (unpaired) electrons. The van der Waals surface area contributed by atoms with E-state index in [4.69, 9.17) is 23.7 Å². The van der Waals surface area contributed by atoms with E-state index in [1.807, 2.05) is 13.0 Å². The number of esters is 4. The van der Waals surface area contributed by atoms with Gasteiger partial charge in [0.2, 0.25) is 0 Å². The molecule has 3 fully saturated rings. The molecule has 3 aliphatic carbocycles. The SMILES string of the molecule is C=CC(=O)OC12COC1CC(C)C1(C)C(=O)C(OC(C)=O)C3=C(C)C(OC(=O)C(C)C(NC(=O)c4ccccc4)c4ccccc4)CC(O)(C(OC(=O)c4ccccc4)C21)C3(C)C. The molecule has 1 heterocycles. The number of aliphatic hydroxyl groups is 1. The predicted octanol–water partition coefficient (Wildman–Crippen LogP) is 6.45. The van der Waals surface area contributed by atoms with Gasteiger partial charge in [-0.15, -0.1) is 0 Å². The first kappa shape index (κ1) is 45.1. The lowest BCUT2D eigenvalue weighted by atomic mass is 9.43. The van der Waals surface area contributed by atoms with Gasteiger partial charge in [0.05, 0.1) is 30.0 Å². The van der Waals surface area contributed by atoms with Crippen molar-refractivity contribution in [3.63, 3.8) is 0 Å². The number of benzene rings is 3. The Balaban J connectivity index is 1.39. The van der Waals surface area contributed by atoms with E-state index in [0.717, 1.165) is 6.08 Å². The van der Waals surface area contributed by atoms with Gasteiger partial charge in [-0.25, -0.2) is 9.59 Å². The molecule has 11 unspecified atom stereocenters. The molecule has 2 saturated carbocycles. The van der Waals surface area contributed by atoms with Crippen LogP contribution >= 0.6 is 0 Å². The Morgan fingerprint density at radius 1 is 0.889 bits per heavy atom. The number of carbonyl (C=O) groups excluding carboxylic acids is 6. The van der Waals surface area contributed by atoms with Crippen molar-refractivity contribution in [3.8, 4) is 0 Å². The molecular weight excluding hydrogens is 807 g/mol. The summed E-state index contributed by atoms with van der Waals surface area (Å²) in [7, 11) is 0. The van der Waals surface area contributed by atoms with Crippen LogP contribution in [0.2, 0.25) is 0 Å². The van der Waals surface area contributed by atoms with E-state index < -0.39 is 106 Å². The Morgan fingerprint density at radius 3 is 2.03 bits per heavy atom. The van der Waals surface area contributed by atoms with Gasteiger partial charge < -0.3 is 34.1 Å². The van der Waals surface area contributed by atoms with Gasteiger partial charge in [-0.3, -0.25) is 19.2 Å². The average molecular weight is 862 g/mol. The molecule has 7 rings (SSSR count). The lowest BCUT2D eigenvalue weighted by molar-refractivity contribution is -0.339. The molecule has 332 valence electrons. The Bertz CT molecular complexity index is 2330. The fraction of sp³-hybridized carbons (Fsp3) is 0.440. The number of carbonyl (C=O) groups is 6. The summed E-state index contributed by atoms with van der Waals surface area (Å²) >= 11 is 0. The number of ketones is 1. The maximum absolute atomic E-state index is 15.7. The zero-order valence-electron chi connectivity index (χ0n) is 36.6. The maximum Gasteiger partial charge on any atom is 0.338 e. The first-order valence-electron chi connectivity index (χ1n) is 21.3. The number of nitrogens with one attached hydrogen (secondary N) is 1. The van der Waals surface area contributed by atoms with Gasteiger partial charge in [0, 0.05) is 35.8 Å². The zero-order chi connectivity index (χ0) is 45.6. The summed E-state index contributed by atoms with van der Waals surface area (Å²) in [4.78, 5) is 84.7. The summed E-state index contributed by atoms with van der Waals surface area (Å²) in [5.74, 6) is -7.06. The van der Waals surface area contributed by atoms with Crippen LogP contribution in [0.25, 0.3) is 0 Å². The maximum atomic E-state index is 15.7. The highest BCUT2D eigenvalue weighted by molar-refractivity contribution is 5.96. The monoisotopic (exact) mass is 861 g/mol. The number of hydrogen-bond donors (Lipinski definition) is 2. The van der Waals surface area contributed by atoms with Gasteiger partial charge in [-0.2, -0.15) is 0 Å². The van der Waals surface area contributed by atoms with Crippen molar-refractivity contribution in [2.75, 3.05) is 6.61 Å². The molecule has 2 bridgehead atoms. The Labute approximate surface area is 367 Å². The van der Waals surface area contributed by atoms with Crippen LogP contribution < -0.4 is 5.32 Å². The van der Waals surface area contributed by atoms with Crippen molar-refractivity contribution in [2.45, 2.75) is 103 Å². The van der Waals surface area contributed by atoms with Gasteiger partial charge in [0.15, 0.2) is 17.5 Å². The van der Waals surface area contributed by atoms with E-state index in [1.165, 1.54) is 6.92 Å². The van der Waals surface area contributed by atoms with E-state index in [0.29, 0.717) is 16.7 Å². The first-order chi connectivity index (χ1) is 29.8. The Kier molecular flexibility index (Phi) is 12.2. The second-order valence-electron chi connectivity index (χ2n) is 18.1. The molecule has 13 nitrogen and oxygen atoms in total. The third-order valence-electron chi connectivity index (χ3n) is 14.4. The molecule has 0 spiro atoms. The molecule has 3 aromatic rings. The van der Waals surface area contributed by atoms with Gasteiger partial charge in [-0.1, -0.05) is 101 Å². The van der Waals surface area contributed by atoms with Crippen LogP contribution in [0.1, 0.15) is 93.6 Å². The third kappa shape index (κ3) is 7.58. The summed E-state index contributed by atoms with van der Waals surface area (Å²) in [6, 6.07) is 24.8. The fourth-order valence-corrected chi connectivity index (χ4v) is 10.6. The van der Waals surface area contributed by atoms with E-state index in [1.54, 1.807) is 120 Å². The van der Waals surface area contributed by atoms with Gasteiger partial charge >= 0.3 is 23.9 Å². The third-order valence-corrected chi connectivity index (χ3v) is 14.4. The molecule has 0 aromatic heterocycles. The van der Waals surface area contributed by atoms with E-state index in [2.05, 4.69) is 11.9 Å². The van der Waals surface area contributed by atoms with Crippen LogP contribution in [0, 0.1) is 28.6 Å². The largest absolute Gasteiger partial charge is 0.457 e. The van der Waals surface area contributed by atoms with Crippen molar-refractivity contribution in [2.24, 2.45) is 28.6 Å². The summed E-state index contributed by atoms with van der Waals surface area (Å²) in [5, 5.41) is 16.9. The molecule has 3 aromatic carbocycles. The molecule has 4 aliphatic rings. The van der Waals surface area contributed by atoms with Gasteiger partial charge in [0.1, 0.15) is 23.9 Å². The van der Waals surface area contributed by atoms with Crippen molar-refractivity contribution in [1.82, 2.24) is 5.32 Å². The second-order valence-corrected chi connectivity index (χ2v) is 18.1. The van der Waals surface area contributed by atoms with E-state index in [-0.39, 0.29) is 30.6 Å². The lowest BCUT2D eigenvalue weighted by Gasteiger charge is -2.68. The highest BCUT2D eigenvalue weighted by Crippen LogP contribution is 2.65. The number of ether oxygens (including phenoxy) is 5. The normalized spacial score (nSPS) is 31.5. The molecule has 11 atom stereocenters.